The largest absolute Gasteiger partial charge is 0.495 e. The maximum Gasteiger partial charge on any atom is 0.270 e. The van der Waals surface area contributed by atoms with Gasteiger partial charge in [0, 0.05) is 17.6 Å². The van der Waals surface area contributed by atoms with Gasteiger partial charge in [0.2, 0.25) is 0 Å². The normalized spacial score (nSPS) is 10.3. The molecular formula is C17H21ClN4O2. The Morgan fingerprint density at radius 1 is 1.29 bits per heavy atom. The predicted octanol–water partition coefficient (Wildman–Crippen LogP) is 3.72. The number of aryl methyl sites for hydroxylation is 1. The summed E-state index contributed by atoms with van der Waals surface area (Å²) in [5.74, 6) is 1.42. The van der Waals surface area contributed by atoms with Gasteiger partial charge in [0.25, 0.3) is 5.91 Å². The fourth-order valence-corrected chi connectivity index (χ4v) is 2.31. The maximum atomic E-state index is 12.2. The first-order valence-corrected chi connectivity index (χ1v) is 8.15. The van der Waals surface area contributed by atoms with E-state index < -0.39 is 0 Å². The number of hydrogen-bond donors (Lipinski definition) is 2. The number of carbonyl (C=O) groups excluding carboxylic acids is 1. The van der Waals surface area contributed by atoms with Crippen molar-refractivity contribution >= 4 is 29.0 Å². The van der Waals surface area contributed by atoms with E-state index >= 15 is 0 Å². The Morgan fingerprint density at radius 2 is 2.08 bits per heavy atom. The Kier molecular flexibility index (Phi) is 6.37. The lowest BCUT2D eigenvalue weighted by atomic mass is 10.2. The number of rotatable bonds is 7. The number of aromatic nitrogens is 2. The molecule has 0 radical (unpaired) electrons. The highest BCUT2D eigenvalue weighted by Gasteiger charge is 2.12. The second kappa shape index (κ2) is 8.49. The lowest BCUT2D eigenvalue weighted by molar-refractivity contribution is 0.0948. The first kappa shape index (κ1) is 18.0. The standard InChI is InChI=1S/C17H21ClN4O2/c1-4-5-8-19-17(23)14-10-16(21-11(2)20-14)22-13-9-12(18)6-7-15(13)24-3/h6-7,9-10H,4-5,8H2,1-3H3,(H,19,23)(H,20,21,22). The Hall–Kier alpha value is -2.34. The third-order valence-electron chi connectivity index (χ3n) is 3.31. The lowest BCUT2D eigenvalue weighted by Crippen LogP contribution is -2.25. The van der Waals surface area contributed by atoms with Crippen molar-refractivity contribution in [2.24, 2.45) is 0 Å². The molecule has 0 fully saturated rings. The average molecular weight is 349 g/mol. The van der Waals surface area contributed by atoms with Gasteiger partial charge in [-0.05, 0) is 31.5 Å². The molecule has 2 N–H and O–H groups in total. The molecule has 6 nitrogen and oxygen atoms in total. The summed E-state index contributed by atoms with van der Waals surface area (Å²) in [6.07, 6.45) is 1.95. The van der Waals surface area contributed by atoms with Crippen LogP contribution >= 0.6 is 11.6 Å². The Bertz CT molecular complexity index is 722. The Labute approximate surface area is 146 Å². The molecule has 24 heavy (non-hydrogen) atoms. The van der Waals surface area contributed by atoms with Gasteiger partial charge < -0.3 is 15.4 Å². The van der Waals surface area contributed by atoms with Gasteiger partial charge in [-0.1, -0.05) is 24.9 Å². The van der Waals surface area contributed by atoms with Gasteiger partial charge in [-0.3, -0.25) is 4.79 Å². The molecule has 1 heterocycles. The van der Waals surface area contributed by atoms with Crippen molar-refractivity contribution in [1.29, 1.82) is 0 Å². The molecule has 0 aliphatic rings. The summed E-state index contributed by atoms with van der Waals surface area (Å²) >= 11 is 6.03. The summed E-state index contributed by atoms with van der Waals surface area (Å²) in [5, 5.41) is 6.55. The van der Waals surface area contributed by atoms with E-state index in [2.05, 4.69) is 27.5 Å². The van der Waals surface area contributed by atoms with E-state index in [9.17, 15) is 4.79 Å². The number of halogens is 1. The SMILES string of the molecule is CCCCNC(=O)c1cc(Nc2cc(Cl)ccc2OC)nc(C)n1. The molecule has 1 amide bonds. The number of benzene rings is 1. The first-order valence-electron chi connectivity index (χ1n) is 7.78. The number of hydrogen-bond acceptors (Lipinski definition) is 5. The minimum Gasteiger partial charge on any atom is -0.495 e. The molecule has 0 bridgehead atoms. The molecule has 1 aromatic heterocycles. The number of methoxy groups -OCH3 is 1. The van der Waals surface area contributed by atoms with Crippen LogP contribution in [0.4, 0.5) is 11.5 Å². The van der Waals surface area contributed by atoms with Gasteiger partial charge in [0.15, 0.2) is 0 Å². The zero-order valence-corrected chi connectivity index (χ0v) is 14.8. The lowest BCUT2D eigenvalue weighted by Gasteiger charge is -2.12. The van der Waals surface area contributed by atoms with Crippen LogP contribution < -0.4 is 15.4 Å². The number of carbonyl (C=O) groups is 1. The van der Waals surface area contributed by atoms with Crippen molar-refractivity contribution in [3.8, 4) is 5.75 Å². The van der Waals surface area contributed by atoms with Crippen LogP contribution in [0.1, 0.15) is 36.1 Å². The number of ether oxygens (including phenoxy) is 1. The van der Waals surface area contributed by atoms with Crippen LogP contribution in [-0.4, -0.2) is 29.5 Å². The molecule has 128 valence electrons. The van der Waals surface area contributed by atoms with Gasteiger partial charge in [0.05, 0.1) is 12.8 Å². The van der Waals surface area contributed by atoms with E-state index in [4.69, 9.17) is 16.3 Å². The molecule has 2 aromatic rings. The highest BCUT2D eigenvalue weighted by atomic mass is 35.5. The van der Waals surface area contributed by atoms with E-state index in [0.717, 1.165) is 12.8 Å². The summed E-state index contributed by atoms with van der Waals surface area (Å²) in [4.78, 5) is 20.7. The summed E-state index contributed by atoms with van der Waals surface area (Å²) in [6, 6.07) is 6.84. The summed E-state index contributed by atoms with van der Waals surface area (Å²) in [5.41, 5.74) is 0.988. The molecule has 0 atom stereocenters. The Balaban J connectivity index is 2.22. The Morgan fingerprint density at radius 3 is 2.79 bits per heavy atom. The summed E-state index contributed by atoms with van der Waals surface area (Å²) in [6.45, 7) is 4.44. The van der Waals surface area contributed by atoms with Crippen molar-refractivity contribution in [2.45, 2.75) is 26.7 Å². The zero-order chi connectivity index (χ0) is 17.5. The minimum atomic E-state index is -0.213. The molecule has 0 unspecified atom stereocenters. The molecular weight excluding hydrogens is 328 g/mol. The van der Waals surface area contributed by atoms with Crippen LogP contribution in [0, 0.1) is 6.92 Å². The molecule has 0 saturated heterocycles. The molecule has 0 saturated carbocycles. The van der Waals surface area contributed by atoms with Gasteiger partial charge in [-0.2, -0.15) is 0 Å². The third kappa shape index (κ3) is 4.83. The van der Waals surface area contributed by atoms with E-state index in [-0.39, 0.29) is 5.91 Å². The van der Waals surface area contributed by atoms with Gasteiger partial charge >= 0.3 is 0 Å². The highest BCUT2D eigenvalue weighted by Crippen LogP contribution is 2.30. The van der Waals surface area contributed by atoms with E-state index in [1.807, 2.05) is 0 Å². The number of amides is 1. The van der Waals surface area contributed by atoms with Gasteiger partial charge in [-0.25, -0.2) is 9.97 Å². The number of nitrogens with one attached hydrogen (secondary N) is 2. The molecule has 2 rings (SSSR count). The summed E-state index contributed by atoms with van der Waals surface area (Å²) in [7, 11) is 1.58. The molecule has 1 aromatic carbocycles. The minimum absolute atomic E-state index is 0.213. The fourth-order valence-electron chi connectivity index (χ4n) is 2.13. The number of unbranched alkanes of at least 4 members (excludes halogenated alkanes) is 1. The van der Waals surface area contributed by atoms with Crippen LogP contribution in [0.5, 0.6) is 5.75 Å². The van der Waals surface area contributed by atoms with Crippen molar-refractivity contribution in [2.75, 3.05) is 19.0 Å². The smallest absolute Gasteiger partial charge is 0.270 e. The molecule has 0 spiro atoms. The summed E-state index contributed by atoms with van der Waals surface area (Å²) < 4.78 is 5.30. The number of anilines is 2. The van der Waals surface area contributed by atoms with Crippen LogP contribution in [-0.2, 0) is 0 Å². The highest BCUT2D eigenvalue weighted by molar-refractivity contribution is 6.31. The predicted molar refractivity (Wildman–Crippen MR) is 95.3 cm³/mol. The van der Waals surface area contributed by atoms with Crippen molar-refractivity contribution in [1.82, 2.24) is 15.3 Å². The zero-order valence-electron chi connectivity index (χ0n) is 14.0. The van der Waals surface area contributed by atoms with E-state index in [1.165, 1.54) is 0 Å². The maximum absolute atomic E-state index is 12.2. The molecule has 0 aliphatic heterocycles. The second-order valence-corrected chi connectivity index (χ2v) is 5.70. The first-order chi connectivity index (χ1) is 11.5. The van der Waals surface area contributed by atoms with Crippen molar-refractivity contribution in [3.63, 3.8) is 0 Å². The van der Waals surface area contributed by atoms with E-state index in [0.29, 0.717) is 40.3 Å². The topological polar surface area (TPSA) is 76.1 Å². The fraction of sp³-hybridized carbons (Fsp3) is 0.353. The quantitative estimate of drug-likeness (QED) is 0.746. The second-order valence-electron chi connectivity index (χ2n) is 5.26. The number of nitrogens with zero attached hydrogens (tertiary/aromatic N) is 2. The molecule has 7 heteroatoms. The van der Waals surface area contributed by atoms with E-state index in [1.54, 1.807) is 38.3 Å². The van der Waals surface area contributed by atoms with Gasteiger partial charge in [0.1, 0.15) is 23.1 Å². The average Bonchev–Trinajstić information content (AvgIpc) is 2.54. The third-order valence-corrected chi connectivity index (χ3v) is 3.55. The van der Waals surface area contributed by atoms with Crippen molar-refractivity contribution in [3.05, 3.63) is 40.8 Å². The van der Waals surface area contributed by atoms with Gasteiger partial charge in [-0.15, -0.1) is 0 Å². The van der Waals surface area contributed by atoms with Crippen LogP contribution in [0.25, 0.3) is 0 Å². The van der Waals surface area contributed by atoms with Crippen LogP contribution in [0.2, 0.25) is 5.02 Å². The van der Waals surface area contributed by atoms with Crippen molar-refractivity contribution < 1.29 is 9.53 Å². The van der Waals surface area contributed by atoms with Crippen LogP contribution in [0.3, 0.4) is 0 Å². The monoisotopic (exact) mass is 348 g/mol. The molecule has 0 aliphatic carbocycles. The van der Waals surface area contributed by atoms with Crippen LogP contribution in [0.15, 0.2) is 24.3 Å².